The molecule has 0 saturated heterocycles. The zero-order valence-corrected chi connectivity index (χ0v) is 13.2. The number of hydrogen-bond donors (Lipinski definition) is 2. The molecule has 1 aromatic carbocycles. The Balaban J connectivity index is 1.43. The van der Waals surface area contributed by atoms with E-state index in [4.69, 9.17) is 0 Å². The molecular formula is C19H23NO3. The Morgan fingerprint density at radius 2 is 1.74 bits per heavy atom. The number of hydrogen-bond acceptors (Lipinski definition) is 2. The number of amides is 1. The van der Waals surface area contributed by atoms with Crippen molar-refractivity contribution in [3.63, 3.8) is 0 Å². The van der Waals surface area contributed by atoms with Crippen LogP contribution in [0.4, 0.5) is 0 Å². The molecule has 2 aliphatic rings. The maximum absolute atomic E-state index is 12.4. The molecule has 1 aromatic rings. The van der Waals surface area contributed by atoms with Crippen molar-refractivity contribution in [1.29, 1.82) is 0 Å². The number of fused-ring (bicyclic) bond motifs is 2. The van der Waals surface area contributed by atoms with Gasteiger partial charge in [-0.2, -0.15) is 0 Å². The van der Waals surface area contributed by atoms with E-state index in [9.17, 15) is 14.7 Å². The van der Waals surface area contributed by atoms with Crippen LogP contribution in [0.1, 0.15) is 24.8 Å². The highest BCUT2D eigenvalue weighted by Crippen LogP contribution is 2.48. The number of aryl methyl sites for hydroxylation is 1. The molecule has 4 nitrogen and oxygen atoms in total. The number of benzene rings is 1. The molecule has 0 radical (unpaired) electrons. The number of carboxylic acids is 1. The molecule has 0 spiro atoms. The van der Waals surface area contributed by atoms with Crippen LogP contribution >= 0.6 is 0 Å². The lowest BCUT2D eigenvalue weighted by molar-refractivity contribution is -0.147. The van der Waals surface area contributed by atoms with Crippen molar-refractivity contribution in [1.82, 2.24) is 5.32 Å². The lowest BCUT2D eigenvalue weighted by Gasteiger charge is -2.23. The van der Waals surface area contributed by atoms with Gasteiger partial charge in [0.1, 0.15) is 0 Å². The van der Waals surface area contributed by atoms with E-state index in [1.807, 2.05) is 30.4 Å². The average molecular weight is 313 g/mol. The second-order valence-electron chi connectivity index (χ2n) is 6.57. The number of allylic oxidation sites excluding steroid dienone is 2. The van der Waals surface area contributed by atoms with Crippen LogP contribution in [0, 0.1) is 23.7 Å². The van der Waals surface area contributed by atoms with Gasteiger partial charge in [-0.25, -0.2) is 0 Å². The first-order valence-corrected chi connectivity index (χ1v) is 8.39. The van der Waals surface area contributed by atoms with Gasteiger partial charge in [-0.3, -0.25) is 9.59 Å². The maximum Gasteiger partial charge on any atom is 0.307 e. The predicted molar refractivity (Wildman–Crippen MR) is 87.7 cm³/mol. The molecule has 4 atom stereocenters. The molecule has 0 heterocycles. The van der Waals surface area contributed by atoms with Crippen LogP contribution in [0.25, 0.3) is 0 Å². The van der Waals surface area contributed by atoms with Gasteiger partial charge in [-0.15, -0.1) is 0 Å². The molecule has 2 bridgehead atoms. The number of rotatable bonds is 7. The van der Waals surface area contributed by atoms with Crippen LogP contribution in [-0.4, -0.2) is 23.5 Å². The van der Waals surface area contributed by atoms with Crippen LogP contribution in [0.15, 0.2) is 42.5 Å². The Hall–Kier alpha value is -2.10. The summed E-state index contributed by atoms with van der Waals surface area (Å²) in [5.74, 6) is -1.73. The monoisotopic (exact) mass is 313 g/mol. The Morgan fingerprint density at radius 3 is 2.43 bits per heavy atom. The Kier molecular flexibility index (Phi) is 4.79. The molecule has 4 unspecified atom stereocenters. The van der Waals surface area contributed by atoms with E-state index < -0.39 is 17.8 Å². The number of carbonyl (C=O) groups excluding carboxylic acids is 1. The average Bonchev–Trinajstić information content (AvgIpc) is 3.16. The smallest absolute Gasteiger partial charge is 0.307 e. The summed E-state index contributed by atoms with van der Waals surface area (Å²) in [7, 11) is 0. The molecule has 0 aliphatic heterocycles. The van der Waals surface area contributed by atoms with Crippen molar-refractivity contribution >= 4 is 11.9 Å². The summed E-state index contributed by atoms with van der Waals surface area (Å²) in [6, 6.07) is 10.3. The van der Waals surface area contributed by atoms with Crippen molar-refractivity contribution < 1.29 is 14.7 Å². The van der Waals surface area contributed by atoms with Gasteiger partial charge in [-0.1, -0.05) is 42.5 Å². The third kappa shape index (κ3) is 3.46. The summed E-state index contributed by atoms with van der Waals surface area (Å²) < 4.78 is 0. The normalized spacial score (nSPS) is 28.0. The Bertz CT molecular complexity index is 596. The minimum atomic E-state index is -0.842. The first kappa shape index (κ1) is 15.8. The first-order chi connectivity index (χ1) is 11.2. The highest BCUT2D eigenvalue weighted by Gasteiger charge is 2.51. The summed E-state index contributed by atoms with van der Waals surface area (Å²) in [5, 5.41) is 12.3. The van der Waals surface area contributed by atoms with E-state index in [1.165, 1.54) is 5.56 Å². The third-order valence-corrected chi connectivity index (χ3v) is 5.08. The maximum atomic E-state index is 12.4. The van der Waals surface area contributed by atoms with Crippen LogP contribution in [0.2, 0.25) is 0 Å². The Morgan fingerprint density at radius 1 is 1.04 bits per heavy atom. The van der Waals surface area contributed by atoms with Crippen molar-refractivity contribution in [2.45, 2.75) is 25.7 Å². The number of carbonyl (C=O) groups is 2. The molecule has 1 fully saturated rings. The number of nitrogens with one attached hydrogen (secondary N) is 1. The van der Waals surface area contributed by atoms with Gasteiger partial charge in [0.25, 0.3) is 0 Å². The van der Waals surface area contributed by atoms with Crippen LogP contribution in [-0.2, 0) is 16.0 Å². The van der Waals surface area contributed by atoms with Crippen LogP contribution < -0.4 is 5.32 Å². The number of aliphatic carboxylic acids is 1. The zero-order chi connectivity index (χ0) is 16.2. The SMILES string of the molecule is O=C(O)C1C2C=CC(C2)C1C(=O)NCCCCc1ccccc1. The Labute approximate surface area is 136 Å². The second-order valence-corrected chi connectivity index (χ2v) is 6.57. The molecule has 0 aromatic heterocycles. The molecule has 2 N–H and O–H groups in total. The fourth-order valence-electron chi connectivity index (χ4n) is 3.94. The van der Waals surface area contributed by atoms with Crippen LogP contribution in [0.5, 0.6) is 0 Å². The van der Waals surface area contributed by atoms with Gasteiger partial charge in [0.2, 0.25) is 5.91 Å². The topological polar surface area (TPSA) is 66.4 Å². The molecule has 2 aliphatic carbocycles. The van der Waals surface area contributed by atoms with Crippen molar-refractivity contribution in [3.05, 3.63) is 48.0 Å². The third-order valence-electron chi connectivity index (χ3n) is 5.08. The highest BCUT2D eigenvalue weighted by molar-refractivity contribution is 5.86. The molecule has 1 saturated carbocycles. The molecular weight excluding hydrogens is 290 g/mol. The van der Waals surface area contributed by atoms with Gasteiger partial charge in [0.15, 0.2) is 0 Å². The van der Waals surface area contributed by atoms with E-state index in [0.717, 1.165) is 25.7 Å². The summed E-state index contributed by atoms with van der Waals surface area (Å²) in [5.41, 5.74) is 1.31. The summed E-state index contributed by atoms with van der Waals surface area (Å²) in [4.78, 5) is 23.8. The number of carboxylic acid groups (broad SMARTS) is 1. The lowest BCUT2D eigenvalue weighted by Crippen LogP contribution is -2.40. The first-order valence-electron chi connectivity index (χ1n) is 8.39. The molecule has 3 rings (SSSR count). The summed E-state index contributed by atoms with van der Waals surface area (Å²) in [6.45, 7) is 0.621. The number of unbranched alkanes of at least 4 members (excludes halogenated alkanes) is 1. The fraction of sp³-hybridized carbons (Fsp3) is 0.474. The minimum absolute atomic E-state index is 0.0336. The quantitative estimate of drug-likeness (QED) is 0.601. The van der Waals surface area contributed by atoms with Crippen molar-refractivity contribution in [2.75, 3.05) is 6.54 Å². The van der Waals surface area contributed by atoms with E-state index in [0.29, 0.717) is 6.54 Å². The largest absolute Gasteiger partial charge is 0.481 e. The van der Waals surface area contributed by atoms with E-state index in [2.05, 4.69) is 17.4 Å². The zero-order valence-electron chi connectivity index (χ0n) is 13.2. The second kappa shape index (κ2) is 6.99. The van der Waals surface area contributed by atoms with E-state index in [-0.39, 0.29) is 17.7 Å². The van der Waals surface area contributed by atoms with Crippen LogP contribution in [0.3, 0.4) is 0 Å². The van der Waals surface area contributed by atoms with Gasteiger partial charge >= 0.3 is 5.97 Å². The van der Waals surface area contributed by atoms with Gasteiger partial charge in [-0.05, 0) is 43.1 Å². The standard InChI is InChI=1S/C19H23NO3/c21-18(16-14-9-10-15(12-14)17(16)19(22)23)20-11-5-4-8-13-6-2-1-3-7-13/h1-3,6-7,9-10,14-17H,4-5,8,11-12H2,(H,20,21)(H,22,23). The van der Waals surface area contributed by atoms with Crippen molar-refractivity contribution in [3.8, 4) is 0 Å². The fourth-order valence-corrected chi connectivity index (χ4v) is 3.94. The van der Waals surface area contributed by atoms with Gasteiger partial charge in [0.05, 0.1) is 11.8 Å². The predicted octanol–water partition coefficient (Wildman–Crippen LogP) is 2.65. The van der Waals surface area contributed by atoms with Gasteiger partial charge < -0.3 is 10.4 Å². The van der Waals surface area contributed by atoms with Crippen molar-refractivity contribution in [2.24, 2.45) is 23.7 Å². The minimum Gasteiger partial charge on any atom is -0.481 e. The molecule has 122 valence electrons. The summed E-state index contributed by atoms with van der Waals surface area (Å²) in [6.07, 6.45) is 7.73. The van der Waals surface area contributed by atoms with E-state index in [1.54, 1.807) is 0 Å². The summed E-state index contributed by atoms with van der Waals surface area (Å²) >= 11 is 0. The molecule has 23 heavy (non-hydrogen) atoms. The lowest BCUT2D eigenvalue weighted by atomic mass is 9.82. The van der Waals surface area contributed by atoms with E-state index >= 15 is 0 Å². The van der Waals surface area contributed by atoms with Gasteiger partial charge in [0, 0.05) is 6.54 Å². The molecule has 4 heteroatoms. The molecule has 1 amide bonds. The highest BCUT2D eigenvalue weighted by atomic mass is 16.4.